The first-order valence-electron chi connectivity index (χ1n) is 10.7. The molecule has 10 nitrogen and oxygen atoms in total. The number of fused-ring (bicyclic) bond motifs is 1. The number of ether oxygens (including phenoxy) is 2. The zero-order valence-corrected chi connectivity index (χ0v) is 18.0. The highest BCUT2D eigenvalue weighted by molar-refractivity contribution is 5.99. The van der Waals surface area contributed by atoms with Crippen molar-refractivity contribution in [3.05, 3.63) is 76.3 Å². The Hall–Kier alpha value is -3.76. The monoisotopic (exact) mass is 451 g/mol. The fraction of sp³-hybridized carbons (Fsp3) is 0.304. The Bertz CT molecular complexity index is 1170. The highest BCUT2D eigenvalue weighted by Gasteiger charge is 2.16. The maximum Gasteiger partial charge on any atom is 0.412 e. The van der Waals surface area contributed by atoms with Crippen LogP contribution in [0.1, 0.15) is 15.9 Å². The van der Waals surface area contributed by atoms with Crippen molar-refractivity contribution in [2.45, 2.75) is 6.61 Å². The normalized spacial score (nSPS) is 14.1. The van der Waals surface area contributed by atoms with Crippen LogP contribution < -0.4 is 16.2 Å². The number of pyridine rings is 1. The SMILES string of the molecule is O=C(Nc1cnc2c(C(=O)NCCN3CCOCC3)cccn2c1=O)OCc1ccccc1. The van der Waals surface area contributed by atoms with Gasteiger partial charge in [-0.15, -0.1) is 0 Å². The molecule has 1 aromatic carbocycles. The van der Waals surface area contributed by atoms with Crippen molar-refractivity contribution in [2.75, 3.05) is 44.7 Å². The number of nitrogens with zero attached hydrogens (tertiary/aromatic N) is 3. The fourth-order valence-electron chi connectivity index (χ4n) is 3.49. The first kappa shape index (κ1) is 22.4. The van der Waals surface area contributed by atoms with Crippen molar-refractivity contribution in [1.82, 2.24) is 19.6 Å². The Kier molecular flexibility index (Phi) is 7.28. The molecule has 1 fully saturated rings. The lowest BCUT2D eigenvalue weighted by Gasteiger charge is -2.26. The molecule has 10 heteroatoms. The minimum absolute atomic E-state index is 0.0459. The fourth-order valence-corrected chi connectivity index (χ4v) is 3.49. The van der Waals surface area contributed by atoms with E-state index in [1.54, 1.807) is 12.1 Å². The molecule has 1 aliphatic rings. The molecule has 0 atom stereocenters. The minimum Gasteiger partial charge on any atom is -0.444 e. The molecule has 4 rings (SSSR count). The van der Waals surface area contributed by atoms with Crippen LogP contribution in [-0.4, -0.2) is 65.7 Å². The predicted molar refractivity (Wildman–Crippen MR) is 121 cm³/mol. The summed E-state index contributed by atoms with van der Waals surface area (Å²) < 4.78 is 11.7. The van der Waals surface area contributed by atoms with Crippen molar-refractivity contribution in [1.29, 1.82) is 0 Å². The standard InChI is InChI=1S/C23H25N5O5/c29-21(24-8-10-27-11-13-32-14-12-27)18-7-4-9-28-20(18)25-15-19(22(28)30)26-23(31)33-16-17-5-2-1-3-6-17/h1-7,9,15H,8,10-14,16H2,(H,24,29)(H,26,31). The first-order chi connectivity index (χ1) is 16.1. The summed E-state index contributed by atoms with van der Waals surface area (Å²) in [5.74, 6) is -0.323. The number of hydrogen-bond donors (Lipinski definition) is 2. The molecule has 0 saturated carbocycles. The molecule has 3 aromatic rings. The molecule has 0 bridgehead atoms. The average Bonchev–Trinajstić information content (AvgIpc) is 2.85. The van der Waals surface area contributed by atoms with Gasteiger partial charge in [-0.2, -0.15) is 0 Å². The Morgan fingerprint density at radius 2 is 1.88 bits per heavy atom. The molecule has 2 aromatic heterocycles. The summed E-state index contributed by atoms with van der Waals surface area (Å²) in [6.07, 6.45) is 1.96. The van der Waals surface area contributed by atoms with Gasteiger partial charge in [0.25, 0.3) is 11.5 Å². The molecule has 172 valence electrons. The van der Waals surface area contributed by atoms with Gasteiger partial charge in [0.1, 0.15) is 12.3 Å². The van der Waals surface area contributed by atoms with Crippen LogP contribution in [0, 0.1) is 0 Å². The molecule has 0 radical (unpaired) electrons. The van der Waals surface area contributed by atoms with Gasteiger partial charge < -0.3 is 14.8 Å². The Morgan fingerprint density at radius 3 is 2.67 bits per heavy atom. The average molecular weight is 451 g/mol. The predicted octanol–water partition coefficient (Wildman–Crippen LogP) is 1.51. The van der Waals surface area contributed by atoms with Gasteiger partial charge in [-0.05, 0) is 17.7 Å². The molecular weight excluding hydrogens is 426 g/mol. The van der Waals surface area contributed by atoms with E-state index in [1.807, 2.05) is 30.3 Å². The minimum atomic E-state index is -0.769. The number of carbonyl (C=O) groups is 2. The summed E-state index contributed by atoms with van der Waals surface area (Å²) >= 11 is 0. The molecule has 1 saturated heterocycles. The van der Waals surface area contributed by atoms with E-state index in [-0.39, 0.29) is 29.4 Å². The molecule has 3 heterocycles. The highest BCUT2D eigenvalue weighted by Crippen LogP contribution is 2.09. The van der Waals surface area contributed by atoms with E-state index >= 15 is 0 Å². The largest absolute Gasteiger partial charge is 0.444 e. The zero-order valence-electron chi connectivity index (χ0n) is 18.0. The molecule has 2 N–H and O–H groups in total. The van der Waals surface area contributed by atoms with E-state index in [2.05, 4.69) is 20.5 Å². The van der Waals surface area contributed by atoms with Crippen molar-refractivity contribution in [3.63, 3.8) is 0 Å². The maximum absolute atomic E-state index is 12.8. The quantitative estimate of drug-likeness (QED) is 0.560. The van der Waals surface area contributed by atoms with Crippen LogP contribution in [0.25, 0.3) is 5.65 Å². The van der Waals surface area contributed by atoms with E-state index in [4.69, 9.17) is 9.47 Å². The van der Waals surface area contributed by atoms with Gasteiger partial charge in [0, 0.05) is 32.4 Å². The second-order valence-electron chi connectivity index (χ2n) is 7.49. The Morgan fingerprint density at radius 1 is 1.09 bits per heavy atom. The lowest BCUT2D eigenvalue weighted by molar-refractivity contribution is 0.0383. The summed E-state index contributed by atoms with van der Waals surface area (Å²) in [4.78, 5) is 44.1. The smallest absolute Gasteiger partial charge is 0.412 e. The number of carbonyl (C=O) groups excluding carboxylic acids is 2. The van der Waals surface area contributed by atoms with Crippen LogP contribution in [0.2, 0.25) is 0 Å². The van der Waals surface area contributed by atoms with Crippen LogP contribution in [0.5, 0.6) is 0 Å². The summed E-state index contributed by atoms with van der Waals surface area (Å²) in [5.41, 5.74) is 0.740. The summed E-state index contributed by atoms with van der Waals surface area (Å²) in [7, 11) is 0. The molecule has 1 aliphatic heterocycles. The van der Waals surface area contributed by atoms with Crippen molar-refractivity contribution in [2.24, 2.45) is 0 Å². The van der Waals surface area contributed by atoms with Crippen LogP contribution in [0.4, 0.5) is 10.5 Å². The van der Waals surface area contributed by atoms with Crippen LogP contribution in [0.15, 0.2) is 59.7 Å². The van der Waals surface area contributed by atoms with E-state index in [0.717, 1.165) is 18.7 Å². The van der Waals surface area contributed by atoms with Crippen LogP contribution in [-0.2, 0) is 16.1 Å². The molecular formula is C23H25N5O5. The number of hydrogen-bond acceptors (Lipinski definition) is 7. The van der Waals surface area contributed by atoms with Gasteiger partial charge in [0.15, 0.2) is 5.65 Å². The third kappa shape index (κ3) is 5.73. The summed E-state index contributed by atoms with van der Waals surface area (Å²) in [5, 5.41) is 5.29. The molecule has 0 aliphatic carbocycles. The van der Waals surface area contributed by atoms with E-state index in [0.29, 0.717) is 26.3 Å². The second-order valence-corrected chi connectivity index (χ2v) is 7.49. The van der Waals surface area contributed by atoms with E-state index in [9.17, 15) is 14.4 Å². The van der Waals surface area contributed by atoms with Crippen molar-refractivity contribution >= 4 is 23.3 Å². The van der Waals surface area contributed by atoms with E-state index < -0.39 is 11.7 Å². The zero-order chi connectivity index (χ0) is 23.0. The Balaban J connectivity index is 1.40. The molecule has 33 heavy (non-hydrogen) atoms. The second kappa shape index (κ2) is 10.7. The van der Waals surface area contributed by atoms with Crippen LogP contribution >= 0.6 is 0 Å². The van der Waals surface area contributed by atoms with Gasteiger partial charge in [-0.25, -0.2) is 9.78 Å². The summed E-state index contributed by atoms with van der Waals surface area (Å²) in [6.45, 7) is 4.32. The van der Waals surface area contributed by atoms with E-state index in [1.165, 1.54) is 16.8 Å². The third-order valence-electron chi connectivity index (χ3n) is 5.24. The van der Waals surface area contributed by atoms with Crippen molar-refractivity contribution < 1.29 is 19.1 Å². The summed E-state index contributed by atoms with van der Waals surface area (Å²) in [6, 6.07) is 12.4. The number of amides is 2. The number of nitrogens with one attached hydrogen (secondary N) is 2. The lowest BCUT2D eigenvalue weighted by atomic mass is 10.2. The molecule has 2 amide bonds. The van der Waals surface area contributed by atoms with Gasteiger partial charge in [0.05, 0.1) is 25.0 Å². The first-order valence-corrected chi connectivity index (χ1v) is 10.7. The third-order valence-corrected chi connectivity index (χ3v) is 5.24. The van der Waals surface area contributed by atoms with Gasteiger partial charge in [-0.3, -0.25) is 24.2 Å². The number of anilines is 1. The van der Waals surface area contributed by atoms with Crippen molar-refractivity contribution in [3.8, 4) is 0 Å². The molecule has 0 spiro atoms. The number of morpholine rings is 1. The van der Waals surface area contributed by atoms with Gasteiger partial charge in [-0.1, -0.05) is 30.3 Å². The highest BCUT2D eigenvalue weighted by atomic mass is 16.5. The van der Waals surface area contributed by atoms with Crippen LogP contribution in [0.3, 0.4) is 0 Å². The topological polar surface area (TPSA) is 114 Å². The lowest BCUT2D eigenvalue weighted by Crippen LogP contribution is -2.41. The maximum atomic E-state index is 12.8. The number of rotatable bonds is 7. The van der Waals surface area contributed by atoms with Gasteiger partial charge >= 0.3 is 6.09 Å². The number of aromatic nitrogens is 2. The van der Waals surface area contributed by atoms with Gasteiger partial charge in [0.2, 0.25) is 0 Å². The Labute approximate surface area is 190 Å². The molecule has 0 unspecified atom stereocenters. The number of benzene rings is 1.